The molecule has 0 spiro atoms. The first-order chi connectivity index (χ1) is 14.0. The normalized spacial score (nSPS) is 12.2. The first-order valence-electron chi connectivity index (χ1n) is 9.73. The van der Waals surface area contributed by atoms with Gasteiger partial charge in [-0.1, -0.05) is 30.0 Å². The number of carbonyl (C=O) groups is 1. The molecule has 0 N–H and O–H groups in total. The fourth-order valence-corrected chi connectivity index (χ4v) is 4.54. The minimum Gasteiger partial charge on any atom is -0.378 e. The van der Waals surface area contributed by atoms with Crippen molar-refractivity contribution in [1.29, 1.82) is 0 Å². The summed E-state index contributed by atoms with van der Waals surface area (Å²) < 4.78 is 0. The van der Waals surface area contributed by atoms with Crippen molar-refractivity contribution >= 4 is 40.4 Å². The number of hydrogen-bond donors (Lipinski definition) is 0. The lowest BCUT2D eigenvalue weighted by atomic mass is 10.1. The molecule has 1 aliphatic heterocycles. The Hall–Kier alpha value is -2.92. The maximum atomic E-state index is 13.5. The monoisotopic (exact) mass is 403 g/mol. The maximum absolute atomic E-state index is 13.5. The summed E-state index contributed by atoms with van der Waals surface area (Å²) >= 11 is 1.73. The highest BCUT2D eigenvalue weighted by molar-refractivity contribution is 7.99. The number of hydrogen-bond acceptors (Lipinski definition) is 4. The number of amides is 1. The summed E-state index contributed by atoms with van der Waals surface area (Å²) in [6.45, 7) is 3.06. The molecule has 0 saturated heterocycles. The van der Waals surface area contributed by atoms with Crippen LogP contribution in [0.5, 0.6) is 0 Å². The van der Waals surface area contributed by atoms with E-state index in [9.17, 15) is 4.79 Å². The van der Waals surface area contributed by atoms with Crippen molar-refractivity contribution in [3.05, 3.63) is 72.3 Å². The maximum Gasteiger partial charge on any atom is 0.262 e. The Morgan fingerprint density at radius 1 is 0.862 bits per heavy atom. The van der Waals surface area contributed by atoms with Gasteiger partial charge in [-0.2, -0.15) is 0 Å². The highest BCUT2D eigenvalue weighted by atomic mass is 32.2. The van der Waals surface area contributed by atoms with Gasteiger partial charge in [0.15, 0.2) is 0 Å². The first kappa shape index (κ1) is 19.4. The fourth-order valence-electron chi connectivity index (χ4n) is 3.41. The van der Waals surface area contributed by atoms with E-state index in [-0.39, 0.29) is 5.91 Å². The van der Waals surface area contributed by atoms with Gasteiger partial charge in [0, 0.05) is 54.4 Å². The van der Waals surface area contributed by atoms with Gasteiger partial charge in [-0.25, -0.2) is 0 Å². The molecule has 4 rings (SSSR count). The third-order valence-electron chi connectivity index (χ3n) is 5.24. The minimum atomic E-state index is -0.0115. The molecule has 0 bridgehead atoms. The molecule has 0 saturated carbocycles. The minimum absolute atomic E-state index is 0.0115. The molecule has 4 nitrogen and oxygen atoms in total. The average molecular weight is 404 g/mol. The van der Waals surface area contributed by atoms with E-state index in [1.165, 1.54) is 0 Å². The molecular formula is C24H25N3OS. The Morgan fingerprint density at radius 3 is 2.03 bits per heavy atom. The number of benzene rings is 3. The summed E-state index contributed by atoms with van der Waals surface area (Å²) in [5, 5.41) is 0. The molecule has 29 heavy (non-hydrogen) atoms. The molecule has 5 heteroatoms. The van der Waals surface area contributed by atoms with Crippen molar-refractivity contribution in [2.24, 2.45) is 0 Å². The van der Waals surface area contributed by atoms with Crippen LogP contribution in [0.15, 0.2) is 76.5 Å². The van der Waals surface area contributed by atoms with Crippen molar-refractivity contribution in [1.82, 2.24) is 0 Å². The lowest BCUT2D eigenvalue weighted by Crippen LogP contribution is -2.29. The zero-order chi connectivity index (χ0) is 20.5. The van der Waals surface area contributed by atoms with E-state index in [2.05, 4.69) is 54.1 Å². The second-order valence-electron chi connectivity index (χ2n) is 7.32. The predicted molar refractivity (Wildman–Crippen MR) is 123 cm³/mol. The summed E-state index contributed by atoms with van der Waals surface area (Å²) in [6, 6.07) is 22.1. The average Bonchev–Trinajstić information content (AvgIpc) is 2.76. The van der Waals surface area contributed by atoms with E-state index < -0.39 is 0 Å². The topological polar surface area (TPSA) is 26.8 Å². The van der Waals surface area contributed by atoms with Gasteiger partial charge in [-0.05, 0) is 55.5 Å². The molecule has 3 aromatic rings. The van der Waals surface area contributed by atoms with Gasteiger partial charge in [0.2, 0.25) is 0 Å². The predicted octanol–water partition coefficient (Wildman–Crippen LogP) is 5.65. The van der Waals surface area contributed by atoms with Crippen LogP contribution in [0, 0.1) is 0 Å². The molecule has 3 aromatic carbocycles. The van der Waals surface area contributed by atoms with Crippen LogP contribution in [0.3, 0.4) is 0 Å². The standard InChI is InChI=1S/C24H25N3OS/c1-5-26(4)19-12-14-21-23(16-19)29-22-15-18(25(2)3)11-13-20(22)27(21)24(28)17-9-7-6-8-10-17/h6-16H,5H2,1-4H3. The van der Waals surface area contributed by atoms with Crippen LogP contribution in [0.25, 0.3) is 0 Å². The van der Waals surface area contributed by atoms with Gasteiger partial charge in [0.05, 0.1) is 11.4 Å². The van der Waals surface area contributed by atoms with Crippen LogP contribution in [-0.2, 0) is 0 Å². The van der Waals surface area contributed by atoms with Crippen molar-refractivity contribution in [3.63, 3.8) is 0 Å². The first-order valence-corrected chi connectivity index (χ1v) is 10.5. The zero-order valence-corrected chi connectivity index (χ0v) is 18.0. The third kappa shape index (κ3) is 3.58. The van der Waals surface area contributed by atoms with Crippen LogP contribution >= 0.6 is 11.8 Å². The molecule has 0 aliphatic carbocycles. The van der Waals surface area contributed by atoms with Crippen LogP contribution in [0.2, 0.25) is 0 Å². The zero-order valence-electron chi connectivity index (χ0n) is 17.2. The molecule has 0 radical (unpaired) electrons. The number of carbonyl (C=O) groups excluding carboxylic acids is 1. The Labute approximate surface area is 176 Å². The highest BCUT2D eigenvalue weighted by Gasteiger charge is 2.29. The molecular weight excluding hydrogens is 378 g/mol. The van der Waals surface area contributed by atoms with Crippen molar-refractivity contribution in [2.75, 3.05) is 42.4 Å². The van der Waals surface area contributed by atoms with E-state index in [1.807, 2.05) is 55.4 Å². The summed E-state index contributed by atoms with van der Waals surface area (Å²) in [7, 11) is 6.15. The number of nitrogens with zero attached hydrogens (tertiary/aromatic N) is 3. The number of fused-ring (bicyclic) bond motifs is 2. The summed E-state index contributed by atoms with van der Waals surface area (Å²) in [4.78, 5) is 21.8. The molecule has 0 unspecified atom stereocenters. The van der Waals surface area contributed by atoms with Gasteiger partial charge in [-0.3, -0.25) is 9.69 Å². The third-order valence-corrected chi connectivity index (χ3v) is 6.34. The highest BCUT2D eigenvalue weighted by Crippen LogP contribution is 2.50. The van der Waals surface area contributed by atoms with Gasteiger partial charge in [-0.15, -0.1) is 0 Å². The van der Waals surface area contributed by atoms with Crippen LogP contribution in [-0.4, -0.2) is 33.6 Å². The van der Waals surface area contributed by atoms with Crippen LogP contribution < -0.4 is 14.7 Å². The number of anilines is 4. The van der Waals surface area contributed by atoms with Gasteiger partial charge in [0.25, 0.3) is 5.91 Å². The van der Waals surface area contributed by atoms with E-state index in [4.69, 9.17) is 0 Å². The SMILES string of the molecule is CCN(C)c1ccc2c(c1)Sc1cc(N(C)C)ccc1N2C(=O)c1ccccc1. The quantitative estimate of drug-likeness (QED) is 0.562. The summed E-state index contributed by atoms with van der Waals surface area (Å²) in [6.07, 6.45) is 0. The van der Waals surface area contributed by atoms with Gasteiger partial charge >= 0.3 is 0 Å². The van der Waals surface area contributed by atoms with E-state index >= 15 is 0 Å². The molecule has 0 fully saturated rings. The van der Waals surface area contributed by atoms with E-state index in [0.717, 1.165) is 39.1 Å². The summed E-state index contributed by atoms with van der Waals surface area (Å²) in [5.41, 5.74) is 4.82. The van der Waals surface area contributed by atoms with Crippen molar-refractivity contribution in [3.8, 4) is 0 Å². The molecule has 1 amide bonds. The Bertz CT molecular complexity index is 1050. The molecule has 0 aromatic heterocycles. The van der Waals surface area contributed by atoms with Gasteiger partial charge < -0.3 is 9.80 Å². The smallest absolute Gasteiger partial charge is 0.262 e. The largest absolute Gasteiger partial charge is 0.378 e. The molecule has 1 aliphatic rings. The fraction of sp³-hybridized carbons (Fsp3) is 0.208. The van der Waals surface area contributed by atoms with Gasteiger partial charge in [0.1, 0.15) is 0 Å². The lowest BCUT2D eigenvalue weighted by molar-refractivity contribution is 0.0998. The van der Waals surface area contributed by atoms with Crippen LogP contribution in [0.4, 0.5) is 22.7 Å². The second kappa shape index (κ2) is 7.84. The van der Waals surface area contributed by atoms with Crippen molar-refractivity contribution in [2.45, 2.75) is 16.7 Å². The van der Waals surface area contributed by atoms with Crippen LogP contribution in [0.1, 0.15) is 17.3 Å². The molecule has 1 heterocycles. The molecule has 0 atom stereocenters. The van der Waals surface area contributed by atoms with E-state index in [0.29, 0.717) is 5.56 Å². The Kier molecular flexibility index (Phi) is 5.24. The second-order valence-corrected chi connectivity index (χ2v) is 8.41. The Balaban J connectivity index is 1.87. The number of rotatable bonds is 4. The van der Waals surface area contributed by atoms with E-state index in [1.54, 1.807) is 11.8 Å². The lowest BCUT2D eigenvalue weighted by Gasteiger charge is -2.33. The Morgan fingerprint density at radius 2 is 1.45 bits per heavy atom. The summed E-state index contributed by atoms with van der Waals surface area (Å²) in [5.74, 6) is -0.0115. The molecule has 148 valence electrons. The van der Waals surface area contributed by atoms with Crippen molar-refractivity contribution < 1.29 is 4.79 Å².